The Morgan fingerprint density at radius 3 is 2.48 bits per heavy atom. The maximum Gasteiger partial charge on any atom is 0.321 e. The fourth-order valence-electron chi connectivity index (χ4n) is 3.64. The summed E-state index contributed by atoms with van der Waals surface area (Å²) in [6.07, 6.45) is 5.18. The molecule has 3 aromatic rings. The summed E-state index contributed by atoms with van der Waals surface area (Å²) in [5, 5.41) is 2.92. The fourth-order valence-corrected chi connectivity index (χ4v) is 4.23. The van der Waals surface area contributed by atoms with Gasteiger partial charge in [-0.3, -0.25) is 14.8 Å². The van der Waals surface area contributed by atoms with Crippen LogP contribution in [0.5, 0.6) is 5.75 Å². The number of rotatable bonds is 5. The molecule has 1 N–H and O–H groups in total. The Morgan fingerprint density at radius 1 is 1.00 bits per heavy atom. The number of pyridine rings is 1. The molecule has 31 heavy (non-hydrogen) atoms. The Kier molecular flexibility index (Phi) is 5.25. The van der Waals surface area contributed by atoms with Crippen LogP contribution in [0.25, 0.3) is 0 Å². The van der Waals surface area contributed by atoms with Crippen LogP contribution in [0.1, 0.15) is 21.2 Å². The molecule has 0 saturated carbocycles. The second-order valence-corrected chi connectivity index (χ2v) is 8.54. The number of aromatic nitrogens is 2. The minimum absolute atomic E-state index is 0.00262. The van der Waals surface area contributed by atoms with Gasteiger partial charge in [0, 0.05) is 37.1 Å². The number of nitrogens with one attached hydrogen (secondary N) is 1. The average molecular weight is 436 g/mol. The molecule has 2 aliphatic heterocycles. The van der Waals surface area contributed by atoms with Crippen LogP contribution in [0, 0.1) is 0 Å². The van der Waals surface area contributed by atoms with Crippen molar-refractivity contribution in [1.82, 2.24) is 19.8 Å². The zero-order valence-electron chi connectivity index (χ0n) is 16.7. The minimum Gasteiger partial charge on any atom is -0.487 e. The first kappa shape index (κ1) is 19.5. The Labute approximate surface area is 183 Å². The van der Waals surface area contributed by atoms with Crippen molar-refractivity contribution in [3.63, 3.8) is 0 Å². The number of benzene rings is 1. The molecule has 3 amide bonds. The van der Waals surface area contributed by atoms with Crippen LogP contribution in [0.3, 0.4) is 0 Å². The molecule has 2 aromatic heterocycles. The topological polar surface area (TPSA) is 87.7 Å². The van der Waals surface area contributed by atoms with Gasteiger partial charge in [0.25, 0.3) is 5.91 Å². The molecule has 2 saturated heterocycles. The maximum absolute atomic E-state index is 12.4. The lowest BCUT2D eigenvalue weighted by atomic mass is 9.93. The van der Waals surface area contributed by atoms with E-state index in [-0.39, 0.29) is 18.0 Å². The first-order chi connectivity index (χ1) is 15.2. The summed E-state index contributed by atoms with van der Waals surface area (Å²) in [4.78, 5) is 36.9. The monoisotopic (exact) mass is 435 g/mol. The third kappa shape index (κ3) is 4.22. The van der Waals surface area contributed by atoms with Crippen molar-refractivity contribution in [1.29, 1.82) is 0 Å². The highest BCUT2D eigenvalue weighted by atomic mass is 32.1. The summed E-state index contributed by atoms with van der Waals surface area (Å²) in [7, 11) is 0. The predicted octanol–water partition coefficient (Wildman–Crippen LogP) is 3.07. The van der Waals surface area contributed by atoms with Gasteiger partial charge in [-0.2, -0.15) is 0 Å². The van der Waals surface area contributed by atoms with Gasteiger partial charge >= 0.3 is 6.03 Å². The molecule has 0 atom stereocenters. The molecular weight excluding hydrogens is 414 g/mol. The van der Waals surface area contributed by atoms with Crippen LogP contribution in [0.2, 0.25) is 0 Å². The smallest absolute Gasteiger partial charge is 0.321 e. The first-order valence-electron chi connectivity index (χ1n) is 10.1. The fraction of sp³-hybridized carbons (Fsp3) is 0.273. The number of hydrogen-bond donors (Lipinski definition) is 1. The van der Waals surface area contributed by atoms with Crippen molar-refractivity contribution >= 4 is 29.0 Å². The first-order valence-corrected chi connectivity index (χ1v) is 10.9. The van der Waals surface area contributed by atoms with Crippen molar-refractivity contribution in [3.05, 3.63) is 70.9 Å². The van der Waals surface area contributed by atoms with Crippen molar-refractivity contribution in [2.24, 2.45) is 0 Å². The molecule has 4 heterocycles. The van der Waals surface area contributed by atoms with Gasteiger partial charge in [-0.15, -0.1) is 11.3 Å². The van der Waals surface area contributed by atoms with Crippen molar-refractivity contribution < 1.29 is 14.3 Å². The van der Waals surface area contributed by atoms with Gasteiger partial charge < -0.3 is 19.9 Å². The van der Waals surface area contributed by atoms with Gasteiger partial charge in [0.1, 0.15) is 16.7 Å². The highest BCUT2D eigenvalue weighted by Gasteiger charge is 2.34. The standard InChI is InChI=1S/C22H21N5O3S/c28-21(20-9-24-14-31-20)26-12-19(13-26)30-18-5-3-17(4-6-18)25-22(29)27-10-16(11-27)15-2-1-7-23-8-15/h1-9,14,16,19H,10-13H2,(H,25,29). The summed E-state index contributed by atoms with van der Waals surface area (Å²) in [5.41, 5.74) is 3.54. The molecule has 0 spiro atoms. The van der Waals surface area contributed by atoms with Crippen LogP contribution in [-0.2, 0) is 0 Å². The molecule has 1 aromatic carbocycles. The zero-order valence-corrected chi connectivity index (χ0v) is 17.5. The quantitative estimate of drug-likeness (QED) is 0.666. The van der Waals surface area contributed by atoms with E-state index in [2.05, 4.69) is 15.3 Å². The molecule has 158 valence electrons. The van der Waals surface area contributed by atoms with Gasteiger partial charge in [0.05, 0.1) is 24.8 Å². The Hall–Kier alpha value is -3.46. The second kappa shape index (κ2) is 8.35. The number of amides is 3. The van der Waals surface area contributed by atoms with Crippen LogP contribution in [0.15, 0.2) is 60.5 Å². The van der Waals surface area contributed by atoms with Gasteiger partial charge in [-0.05, 0) is 35.9 Å². The highest BCUT2D eigenvalue weighted by Crippen LogP contribution is 2.27. The number of likely N-dealkylation sites (tertiary alicyclic amines) is 2. The number of thiazole rings is 1. The van der Waals surface area contributed by atoms with E-state index >= 15 is 0 Å². The molecule has 8 nitrogen and oxygen atoms in total. The summed E-state index contributed by atoms with van der Waals surface area (Å²) in [6.45, 7) is 2.50. The molecule has 0 radical (unpaired) electrons. The van der Waals surface area contributed by atoms with Crippen LogP contribution >= 0.6 is 11.3 Å². The SMILES string of the molecule is O=C(Nc1ccc(OC2CN(C(=O)c3cncs3)C2)cc1)N1CC(c2cccnc2)C1. The normalized spacial score (nSPS) is 16.4. The van der Waals surface area contributed by atoms with E-state index in [1.165, 1.54) is 11.3 Å². The van der Waals surface area contributed by atoms with Crippen molar-refractivity contribution in [2.75, 3.05) is 31.5 Å². The Balaban J connectivity index is 1.06. The molecule has 0 bridgehead atoms. The van der Waals surface area contributed by atoms with E-state index in [0.29, 0.717) is 42.7 Å². The minimum atomic E-state index is -0.106. The maximum atomic E-state index is 12.4. The van der Waals surface area contributed by atoms with E-state index in [4.69, 9.17) is 4.74 Å². The zero-order chi connectivity index (χ0) is 21.2. The van der Waals surface area contributed by atoms with Crippen molar-refractivity contribution in [2.45, 2.75) is 12.0 Å². The van der Waals surface area contributed by atoms with Gasteiger partial charge in [0.2, 0.25) is 0 Å². The highest BCUT2D eigenvalue weighted by molar-refractivity contribution is 7.11. The lowest BCUT2D eigenvalue weighted by Gasteiger charge is -2.39. The molecule has 0 aliphatic carbocycles. The number of carbonyl (C=O) groups is 2. The van der Waals surface area contributed by atoms with E-state index in [1.807, 2.05) is 42.6 Å². The largest absolute Gasteiger partial charge is 0.487 e. The van der Waals surface area contributed by atoms with E-state index in [9.17, 15) is 9.59 Å². The lowest BCUT2D eigenvalue weighted by molar-refractivity contribution is 0.0181. The molecule has 9 heteroatoms. The number of hydrogen-bond acceptors (Lipinski definition) is 6. The molecule has 5 rings (SSSR count). The van der Waals surface area contributed by atoms with Crippen LogP contribution < -0.4 is 10.1 Å². The van der Waals surface area contributed by atoms with Gasteiger partial charge in [-0.1, -0.05) is 6.07 Å². The second-order valence-electron chi connectivity index (χ2n) is 7.66. The van der Waals surface area contributed by atoms with E-state index in [1.54, 1.807) is 27.7 Å². The average Bonchev–Trinajstić information content (AvgIpc) is 3.26. The van der Waals surface area contributed by atoms with Gasteiger partial charge in [-0.25, -0.2) is 4.79 Å². The molecule has 0 unspecified atom stereocenters. The summed E-state index contributed by atoms with van der Waals surface area (Å²) in [6, 6.07) is 11.2. The van der Waals surface area contributed by atoms with Crippen molar-refractivity contribution in [3.8, 4) is 5.75 Å². The lowest BCUT2D eigenvalue weighted by Crippen LogP contribution is -2.56. The third-order valence-corrected chi connectivity index (χ3v) is 6.27. The number of carbonyl (C=O) groups excluding carboxylic acids is 2. The summed E-state index contributed by atoms with van der Waals surface area (Å²) >= 11 is 1.34. The Bertz CT molecular complexity index is 1050. The van der Waals surface area contributed by atoms with Gasteiger partial charge in [0.15, 0.2) is 0 Å². The summed E-state index contributed by atoms with van der Waals surface area (Å²) in [5.74, 6) is 1.06. The molecular formula is C22H21N5O3S. The number of urea groups is 1. The Morgan fingerprint density at radius 2 is 1.81 bits per heavy atom. The molecule has 2 fully saturated rings. The summed E-state index contributed by atoms with van der Waals surface area (Å²) < 4.78 is 5.92. The third-order valence-electron chi connectivity index (χ3n) is 5.51. The number of nitrogens with zero attached hydrogens (tertiary/aromatic N) is 4. The van der Waals surface area contributed by atoms with Crippen LogP contribution in [0.4, 0.5) is 10.5 Å². The van der Waals surface area contributed by atoms with E-state index < -0.39 is 0 Å². The predicted molar refractivity (Wildman–Crippen MR) is 116 cm³/mol. The van der Waals surface area contributed by atoms with E-state index in [0.717, 1.165) is 11.3 Å². The molecule has 2 aliphatic rings. The van der Waals surface area contributed by atoms with Crippen LogP contribution in [-0.4, -0.2) is 64.0 Å². The number of ether oxygens (including phenoxy) is 1. The number of anilines is 1.